The number of aliphatic hydroxyl groups excluding tert-OH is 2. The van der Waals surface area contributed by atoms with Gasteiger partial charge in [0.05, 0.1) is 12.2 Å². The molecule has 0 amide bonds. The van der Waals surface area contributed by atoms with E-state index in [4.69, 9.17) is 0 Å². The fourth-order valence-electron chi connectivity index (χ4n) is 8.23. The molecule has 0 bridgehead atoms. The maximum absolute atomic E-state index is 13.5. The number of aliphatic hydroxyl groups is 2. The predicted octanol–water partition coefficient (Wildman–Crippen LogP) is 6.09. The first-order valence-corrected chi connectivity index (χ1v) is 13.2. The van der Waals surface area contributed by atoms with Gasteiger partial charge in [-0.05, 0) is 89.6 Å². The van der Waals surface area contributed by atoms with Crippen molar-refractivity contribution in [3.05, 3.63) is 23.3 Å². The number of ketones is 1. The minimum Gasteiger partial charge on any atom is -0.389 e. The molecule has 0 radical (unpaired) electrons. The predicted molar refractivity (Wildman–Crippen MR) is 130 cm³/mol. The summed E-state index contributed by atoms with van der Waals surface area (Å²) in [5, 5.41) is 21.8. The van der Waals surface area contributed by atoms with Gasteiger partial charge >= 0.3 is 0 Å². The van der Waals surface area contributed by atoms with Crippen LogP contribution < -0.4 is 0 Å². The monoisotopic (exact) mass is 442 g/mol. The minimum atomic E-state index is -0.575. The first-order chi connectivity index (χ1) is 14.9. The molecule has 4 rings (SSSR count). The molecule has 3 nitrogen and oxygen atoms in total. The average molecular weight is 443 g/mol. The molecular formula is C29H46O3. The van der Waals surface area contributed by atoms with Gasteiger partial charge in [0.2, 0.25) is 0 Å². The van der Waals surface area contributed by atoms with Crippen molar-refractivity contribution in [2.45, 2.75) is 105 Å². The second kappa shape index (κ2) is 8.38. The standard InChI is InChI=1S/C29H46O3/c1-16(2)17(3)8-9-18(4)21-14-25(32)27-26-20(10-12-29(21,27)7)28(6)13-11-23(30)19(5)22(28)15-24(26)31/h16-18,20-24,30-31H,5,8-15H2,1-4,6-7H3. The number of carbonyl (C=O) groups is 1. The molecule has 0 aromatic heterocycles. The molecule has 180 valence electrons. The molecule has 3 fully saturated rings. The Labute approximate surface area is 195 Å². The highest BCUT2D eigenvalue weighted by Crippen LogP contribution is 2.65. The van der Waals surface area contributed by atoms with Crippen LogP contribution in [0, 0.1) is 46.3 Å². The van der Waals surface area contributed by atoms with Crippen molar-refractivity contribution in [3.63, 3.8) is 0 Å². The van der Waals surface area contributed by atoms with Gasteiger partial charge in [0.25, 0.3) is 0 Å². The highest BCUT2D eigenvalue weighted by Gasteiger charge is 2.60. The highest BCUT2D eigenvalue weighted by molar-refractivity contribution is 6.00. The summed E-state index contributed by atoms with van der Waals surface area (Å²) in [6.07, 6.45) is 6.42. The average Bonchev–Trinajstić information content (AvgIpc) is 3.01. The van der Waals surface area contributed by atoms with Crippen LogP contribution in [-0.2, 0) is 4.79 Å². The van der Waals surface area contributed by atoms with E-state index in [1.165, 1.54) is 12.8 Å². The molecule has 0 aromatic rings. The van der Waals surface area contributed by atoms with Crippen molar-refractivity contribution in [2.75, 3.05) is 0 Å². The maximum Gasteiger partial charge on any atom is 0.159 e. The molecule has 4 aliphatic rings. The van der Waals surface area contributed by atoms with Crippen LogP contribution in [0.15, 0.2) is 23.3 Å². The van der Waals surface area contributed by atoms with E-state index in [9.17, 15) is 15.0 Å². The molecule has 0 heterocycles. The second-order valence-electron chi connectivity index (χ2n) is 12.8. The van der Waals surface area contributed by atoms with E-state index in [1.807, 2.05) is 0 Å². The van der Waals surface area contributed by atoms with E-state index in [-0.39, 0.29) is 22.7 Å². The number of allylic oxidation sites excluding steroid dienone is 1. The van der Waals surface area contributed by atoms with Crippen LogP contribution >= 0.6 is 0 Å². The van der Waals surface area contributed by atoms with Gasteiger partial charge in [-0.15, -0.1) is 0 Å². The van der Waals surface area contributed by atoms with Crippen LogP contribution in [0.5, 0.6) is 0 Å². The third-order valence-corrected chi connectivity index (χ3v) is 10.8. The van der Waals surface area contributed by atoms with E-state index in [1.54, 1.807) is 0 Å². The topological polar surface area (TPSA) is 57.5 Å². The van der Waals surface area contributed by atoms with Crippen LogP contribution in [0.2, 0.25) is 0 Å². The van der Waals surface area contributed by atoms with Crippen molar-refractivity contribution < 1.29 is 15.0 Å². The third kappa shape index (κ3) is 3.57. The zero-order chi connectivity index (χ0) is 23.6. The fourth-order valence-corrected chi connectivity index (χ4v) is 8.23. The van der Waals surface area contributed by atoms with Gasteiger partial charge < -0.3 is 10.2 Å². The van der Waals surface area contributed by atoms with E-state index >= 15 is 0 Å². The summed E-state index contributed by atoms with van der Waals surface area (Å²) in [7, 11) is 0. The van der Waals surface area contributed by atoms with Gasteiger partial charge in [0, 0.05) is 12.0 Å². The Morgan fingerprint density at radius 1 is 1.00 bits per heavy atom. The van der Waals surface area contributed by atoms with Crippen LogP contribution in [0.1, 0.15) is 92.9 Å². The quantitative estimate of drug-likeness (QED) is 0.506. The third-order valence-electron chi connectivity index (χ3n) is 10.8. The molecule has 0 aromatic carbocycles. The Kier molecular flexibility index (Phi) is 6.34. The van der Waals surface area contributed by atoms with E-state index in [2.05, 4.69) is 48.1 Å². The number of rotatable bonds is 5. The molecule has 0 saturated heterocycles. The lowest BCUT2D eigenvalue weighted by Crippen LogP contribution is -2.53. The first kappa shape index (κ1) is 24.2. The molecule has 32 heavy (non-hydrogen) atoms. The Morgan fingerprint density at radius 2 is 1.69 bits per heavy atom. The van der Waals surface area contributed by atoms with Crippen LogP contribution in [0.4, 0.5) is 0 Å². The maximum atomic E-state index is 13.5. The summed E-state index contributed by atoms with van der Waals surface area (Å²) in [6.45, 7) is 18.2. The number of hydrogen-bond acceptors (Lipinski definition) is 3. The van der Waals surface area contributed by atoms with Crippen molar-refractivity contribution in [1.82, 2.24) is 0 Å². The second-order valence-corrected chi connectivity index (χ2v) is 12.8. The summed E-state index contributed by atoms with van der Waals surface area (Å²) in [6, 6.07) is 0. The van der Waals surface area contributed by atoms with Crippen molar-refractivity contribution in [1.29, 1.82) is 0 Å². The molecular weight excluding hydrogens is 396 g/mol. The molecule has 0 spiro atoms. The van der Waals surface area contributed by atoms with Gasteiger partial charge in [0.1, 0.15) is 0 Å². The summed E-state index contributed by atoms with van der Waals surface area (Å²) in [4.78, 5) is 13.5. The lowest BCUT2D eigenvalue weighted by Gasteiger charge is -2.58. The van der Waals surface area contributed by atoms with Crippen molar-refractivity contribution in [2.24, 2.45) is 46.3 Å². The van der Waals surface area contributed by atoms with E-state index < -0.39 is 12.2 Å². The highest BCUT2D eigenvalue weighted by atomic mass is 16.3. The Balaban J connectivity index is 1.66. The lowest BCUT2D eigenvalue weighted by atomic mass is 9.47. The van der Waals surface area contributed by atoms with Crippen molar-refractivity contribution in [3.8, 4) is 0 Å². The molecule has 9 unspecified atom stereocenters. The van der Waals surface area contributed by atoms with Gasteiger partial charge in [-0.3, -0.25) is 4.79 Å². The smallest absolute Gasteiger partial charge is 0.159 e. The molecule has 3 saturated carbocycles. The molecule has 0 aliphatic heterocycles. The molecule has 2 N–H and O–H groups in total. The number of carbonyl (C=O) groups excluding carboxylic acids is 1. The van der Waals surface area contributed by atoms with Crippen LogP contribution in [-0.4, -0.2) is 28.2 Å². The summed E-state index contributed by atoms with van der Waals surface area (Å²) in [5.41, 5.74) is 2.89. The largest absolute Gasteiger partial charge is 0.389 e. The normalized spacial score (nSPS) is 43.7. The Hall–Kier alpha value is -0.930. The molecule has 9 atom stereocenters. The number of fused-ring (bicyclic) bond motifs is 4. The van der Waals surface area contributed by atoms with Gasteiger partial charge in [-0.2, -0.15) is 0 Å². The number of hydrogen-bond donors (Lipinski definition) is 2. The minimum absolute atomic E-state index is 0.00408. The molecule has 3 heteroatoms. The lowest BCUT2D eigenvalue weighted by molar-refractivity contribution is -0.115. The van der Waals surface area contributed by atoms with Gasteiger partial charge in [0.15, 0.2) is 5.78 Å². The van der Waals surface area contributed by atoms with E-state index in [0.29, 0.717) is 42.3 Å². The van der Waals surface area contributed by atoms with E-state index in [0.717, 1.165) is 42.4 Å². The number of Topliss-reactive ketones (excluding diaryl/α,β-unsaturated/α-hetero) is 1. The SMILES string of the molecule is C=C1C(O)CCC2(C)C1CC(O)C1=C3C(=O)CC(C(C)CCC(C)C(C)C)C3(C)CCC12. The summed E-state index contributed by atoms with van der Waals surface area (Å²) >= 11 is 0. The Morgan fingerprint density at radius 3 is 2.34 bits per heavy atom. The zero-order valence-electron chi connectivity index (χ0n) is 21.3. The van der Waals surface area contributed by atoms with Crippen LogP contribution in [0.3, 0.4) is 0 Å². The first-order valence-electron chi connectivity index (χ1n) is 13.2. The van der Waals surface area contributed by atoms with Gasteiger partial charge in [-0.25, -0.2) is 0 Å². The zero-order valence-corrected chi connectivity index (χ0v) is 21.3. The summed E-state index contributed by atoms with van der Waals surface area (Å²) in [5.74, 6) is 3.00. The Bertz CT molecular complexity index is 809. The molecule has 4 aliphatic carbocycles. The van der Waals surface area contributed by atoms with Crippen molar-refractivity contribution >= 4 is 5.78 Å². The fraction of sp³-hybridized carbons (Fsp3) is 0.828. The van der Waals surface area contributed by atoms with Gasteiger partial charge in [-0.1, -0.05) is 61.0 Å². The summed E-state index contributed by atoms with van der Waals surface area (Å²) < 4.78 is 0. The van der Waals surface area contributed by atoms with Crippen LogP contribution in [0.25, 0.3) is 0 Å².